The van der Waals surface area contributed by atoms with E-state index in [9.17, 15) is 60.6 Å². The number of rotatable bonds is 0. The van der Waals surface area contributed by atoms with Crippen LogP contribution in [0.2, 0.25) is 0 Å². The molecule has 0 fully saturated rings. The fraction of sp³-hybridized carbons (Fsp3) is 0. The summed E-state index contributed by atoms with van der Waals surface area (Å²) in [5, 5.41) is 0. The Morgan fingerprint density at radius 2 is 0.708 bits per heavy atom. The predicted molar refractivity (Wildman–Crippen MR) is 55.8 cm³/mol. The third-order valence-electron chi connectivity index (χ3n) is 0.718. The largest absolute Gasteiger partial charge is 1.00 e. The summed E-state index contributed by atoms with van der Waals surface area (Å²) >= 11 is 0. The molecule has 0 unspecified atom stereocenters. The van der Waals surface area contributed by atoms with Crippen LogP contribution in [0.1, 0.15) is 0 Å². The van der Waals surface area contributed by atoms with E-state index in [1.165, 1.54) is 0 Å². The molecule has 0 heterocycles. The van der Waals surface area contributed by atoms with Crippen molar-refractivity contribution in [3.8, 4) is 0 Å². The molecule has 0 aliphatic rings. The maximum Gasteiger partial charge on any atom is 1.00 e. The van der Waals surface area contributed by atoms with Crippen molar-refractivity contribution in [3.63, 3.8) is 0 Å². The molecule has 0 bridgehead atoms. The summed E-state index contributed by atoms with van der Waals surface area (Å²) in [5.41, 5.74) is 0. The summed E-state index contributed by atoms with van der Waals surface area (Å²) in [4.78, 5) is 0. The molecule has 18 heteroatoms. The van der Waals surface area contributed by atoms with Crippen LogP contribution in [0.15, 0.2) is 18.2 Å². The van der Waals surface area contributed by atoms with Gasteiger partial charge in [0.25, 0.3) is 0 Å². The van der Waals surface area contributed by atoms with Crippen molar-refractivity contribution in [2.45, 2.75) is 0 Å². The molecule has 0 atom stereocenters. The van der Waals surface area contributed by atoms with Crippen LogP contribution in [0.5, 0.6) is 0 Å². The summed E-state index contributed by atoms with van der Waals surface area (Å²) in [5.74, 6) is -1.19. The van der Waals surface area contributed by atoms with Gasteiger partial charge in [0.15, 0.2) is 0 Å². The molecule has 0 saturated carbocycles. The van der Waals surface area contributed by atoms with Crippen LogP contribution in [0.3, 0.4) is 0 Å². The predicted octanol–water partition coefficient (Wildman–Crippen LogP) is 2.67. The average molecular weight is 413 g/mol. The smallest absolute Gasteiger partial charge is 0.418 e. The number of halogens is 14. The summed E-state index contributed by atoms with van der Waals surface area (Å²) in [6.07, 6.45) is 0. The first-order valence-electron chi connectivity index (χ1n) is 4.73. The Morgan fingerprint density at radius 1 is 0.542 bits per heavy atom. The molecule has 0 aromatic heterocycles. The van der Waals surface area contributed by atoms with Crippen LogP contribution >= 0.6 is 0 Å². The van der Waals surface area contributed by atoms with Crippen LogP contribution in [-0.2, 0) is 0 Å². The van der Waals surface area contributed by atoms with E-state index >= 15 is 0 Å². The van der Waals surface area contributed by atoms with Gasteiger partial charge in [0, 0.05) is 11.6 Å². The minimum atomic E-state index is -6.00. The van der Waals surface area contributed by atoms with Crippen molar-refractivity contribution in [1.82, 2.24) is 0 Å². The SMILES string of the molecule is F[B-](F)(F)F.F[B-](F)(F)F.F[B-](F)(F)F.Fc1c[c-]cc(F)c1.[K+]. The van der Waals surface area contributed by atoms with Gasteiger partial charge in [0.2, 0.25) is 0 Å². The minimum absolute atomic E-state index is 0. The Morgan fingerprint density at radius 3 is 0.792 bits per heavy atom. The monoisotopic (exact) mass is 413 g/mol. The molecule has 0 saturated heterocycles. The van der Waals surface area contributed by atoms with Gasteiger partial charge in [-0.05, 0) is 0 Å². The fourth-order valence-corrected chi connectivity index (χ4v) is 0.416. The molecule has 0 aliphatic carbocycles. The van der Waals surface area contributed by atoms with E-state index in [0.29, 0.717) is 0 Å². The van der Waals surface area contributed by atoms with Gasteiger partial charge < -0.3 is 51.8 Å². The Hall–Kier alpha value is 0.0712. The maximum atomic E-state index is 11.9. The van der Waals surface area contributed by atoms with Crippen molar-refractivity contribution in [2.24, 2.45) is 0 Å². The molecular weight excluding hydrogens is 410 g/mol. The second kappa shape index (κ2) is 14.3. The standard InChI is InChI=1S/C6H3F2.3BF4.K/c7-5-2-1-3-6(8)4-5;3*2-1(3,4)5;/h2-4H;;;;/q4*-1;+1. The van der Waals surface area contributed by atoms with E-state index < -0.39 is 33.4 Å². The Labute approximate surface area is 168 Å². The summed E-state index contributed by atoms with van der Waals surface area (Å²) in [6.45, 7) is 0. The first-order valence-corrected chi connectivity index (χ1v) is 4.73. The zero-order valence-corrected chi connectivity index (χ0v) is 14.4. The van der Waals surface area contributed by atoms with Crippen molar-refractivity contribution in [2.75, 3.05) is 0 Å². The second-order valence-corrected chi connectivity index (χ2v) is 2.85. The molecule has 1 aromatic carbocycles. The summed E-state index contributed by atoms with van der Waals surface area (Å²) in [6, 6.07) is 5.23. The van der Waals surface area contributed by atoms with E-state index in [-0.39, 0.29) is 51.4 Å². The van der Waals surface area contributed by atoms with E-state index in [0.717, 1.165) is 18.2 Å². The van der Waals surface area contributed by atoms with Gasteiger partial charge in [-0.3, -0.25) is 8.78 Å². The molecule has 24 heavy (non-hydrogen) atoms. The van der Waals surface area contributed by atoms with Crippen LogP contribution in [-0.4, -0.2) is 21.8 Å². The van der Waals surface area contributed by atoms with Crippen molar-refractivity contribution >= 4 is 21.8 Å². The number of benzene rings is 1. The van der Waals surface area contributed by atoms with Crippen molar-refractivity contribution in [1.29, 1.82) is 0 Å². The molecule has 0 radical (unpaired) electrons. The van der Waals surface area contributed by atoms with E-state index in [1.54, 1.807) is 0 Å². The van der Waals surface area contributed by atoms with Gasteiger partial charge in [-0.1, -0.05) is 0 Å². The summed E-state index contributed by atoms with van der Waals surface area (Å²) in [7, 11) is -18.0. The van der Waals surface area contributed by atoms with Crippen LogP contribution in [0.4, 0.5) is 60.6 Å². The minimum Gasteiger partial charge on any atom is -0.418 e. The first-order chi connectivity index (χ1) is 9.79. The molecule has 1 rings (SSSR count). The van der Waals surface area contributed by atoms with Gasteiger partial charge in [-0.15, -0.1) is 18.2 Å². The summed E-state index contributed by atoms with van der Waals surface area (Å²) < 4.78 is 141. The molecule has 1 aromatic rings. The zero-order chi connectivity index (χ0) is 19.5. The average Bonchev–Trinajstić information content (AvgIpc) is 2.07. The Balaban J connectivity index is -0.000000113. The molecule has 0 nitrogen and oxygen atoms in total. The molecule has 0 aliphatic heterocycles. The van der Waals surface area contributed by atoms with Gasteiger partial charge in [-0.25, -0.2) is 0 Å². The van der Waals surface area contributed by atoms with E-state index in [2.05, 4.69) is 6.07 Å². The van der Waals surface area contributed by atoms with Gasteiger partial charge in [-0.2, -0.15) is 6.07 Å². The van der Waals surface area contributed by atoms with Gasteiger partial charge in [0.1, 0.15) is 0 Å². The first kappa shape index (κ1) is 31.8. The Bertz CT molecular complexity index is 350. The van der Waals surface area contributed by atoms with Gasteiger partial charge in [0.05, 0.1) is 0 Å². The number of hydrogen-bond acceptors (Lipinski definition) is 0. The normalized spacial score (nSPS) is 10.6. The van der Waals surface area contributed by atoms with Gasteiger partial charge >= 0.3 is 73.1 Å². The quantitative estimate of drug-likeness (QED) is 0.349. The fourth-order valence-electron chi connectivity index (χ4n) is 0.416. The molecule has 138 valence electrons. The van der Waals surface area contributed by atoms with Crippen LogP contribution in [0, 0.1) is 17.7 Å². The van der Waals surface area contributed by atoms with Crippen LogP contribution < -0.4 is 51.4 Å². The van der Waals surface area contributed by atoms with E-state index in [4.69, 9.17) is 0 Å². The molecular formula is C6H3B3F14K-3. The Kier molecular flexibility index (Phi) is 18.9. The van der Waals surface area contributed by atoms with E-state index in [1.807, 2.05) is 0 Å². The second-order valence-electron chi connectivity index (χ2n) is 2.85. The van der Waals surface area contributed by atoms with Crippen molar-refractivity contribution < 1.29 is 112 Å². The number of hydrogen-bond donors (Lipinski definition) is 0. The van der Waals surface area contributed by atoms with Crippen molar-refractivity contribution in [3.05, 3.63) is 35.9 Å². The molecule has 0 amide bonds. The van der Waals surface area contributed by atoms with Crippen LogP contribution in [0.25, 0.3) is 0 Å². The third kappa shape index (κ3) is 96.6. The zero-order valence-electron chi connectivity index (χ0n) is 11.3. The molecule has 0 N–H and O–H groups in total. The topological polar surface area (TPSA) is 0 Å². The maximum absolute atomic E-state index is 11.9. The molecule has 0 spiro atoms. The third-order valence-corrected chi connectivity index (χ3v) is 0.718.